The van der Waals surface area contributed by atoms with E-state index in [0.29, 0.717) is 17.6 Å². The molecule has 140 valence electrons. The van der Waals surface area contributed by atoms with Crippen molar-refractivity contribution < 1.29 is 4.74 Å². The van der Waals surface area contributed by atoms with E-state index in [-0.39, 0.29) is 0 Å². The molecule has 0 bridgehead atoms. The maximum atomic E-state index is 6.15. The Hall–Kier alpha value is -3.31. The van der Waals surface area contributed by atoms with E-state index in [4.69, 9.17) is 16.3 Å². The van der Waals surface area contributed by atoms with Crippen LogP contribution in [0.2, 0.25) is 5.02 Å². The van der Waals surface area contributed by atoms with E-state index in [1.165, 1.54) is 0 Å². The Morgan fingerprint density at radius 3 is 2.57 bits per heavy atom. The van der Waals surface area contributed by atoms with E-state index in [9.17, 15) is 0 Å². The van der Waals surface area contributed by atoms with E-state index in [1.807, 2.05) is 84.4 Å². The summed E-state index contributed by atoms with van der Waals surface area (Å²) in [6, 6.07) is 23.3. The molecule has 0 spiro atoms. The van der Waals surface area contributed by atoms with Crippen molar-refractivity contribution in [1.29, 1.82) is 0 Å². The SMILES string of the molecule is Cn1c(N/N=C\c2ccc(OCc3ccccc3Cl)cc2)nc2ccccc21. The number of halogens is 1. The third-order valence-electron chi connectivity index (χ3n) is 4.40. The first-order valence-corrected chi connectivity index (χ1v) is 9.25. The van der Waals surface area contributed by atoms with Crippen LogP contribution < -0.4 is 10.2 Å². The Morgan fingerprint density at radius 2 is 1.79 bits per heavy atom. The quantitative estimate of drug-likeness (QED) is 0.361. The van der Waals surface area contributed by atoms with Crippen LogP contribution in [0.3, 0.4) is 0 Å². The summed E-state index contributed by atoms with van der Waals surface area (Å²) in [5, 5.41) is 4.99. The highest BCUT2D eigenvalue weighted by Crippen LogP contribution is 2.19. The summed E-state index contributed by atoms with van der Waals surface area (Å²) in [7, 11) is 1.96. The molecule has 0 fully saturated rings. The topological polar surface area (TPSA) is 51.4 Å². The first-order valence-electron chi connectivity index (χ1n) is 8.87. The molecule has 1 N–H and O–H groups in total. The summed E-state index contributed by atoms with van der Waals surface area (Å²) in [5.41, 5.74) is 6.90. The van der Waals surface area contributed by atoms with E-state index in [1.54, 1.807) is 6.21 Å². The normalized spacial score (nSPS) is 11.2. The number of imidazole rings is 1. The van der Waals surface area contributed by atoms with Crippen molar-refractivity contribution in [2.24, 2.45) is 12.1 Å². The Bertz CT molecular complexity index is 1120. The van der Waals surface area contributed by atoms with E-state index in [2.05, 4.69) is 15.5 Å². The number of ether oxygens (including phenoxy) is 1. The number of nitrogens with zero attached hydrogens (tertiary/aromatic N) is 3. The van der Waals surface area contributed by atoms with Gasteiger partial charge < -0.3 is 9.30 Å². The van der Waals surface area contributed by atoms with Gasteiger partial charge in [-0.1, -0.05) is 41.9 Å². The van der Waals surface area contributed by atoms with E-state index >= 15 is 0 Å². The number of anilines is 1. The van der Waals surface area contributed by atoms with Gasteiger partial charge in [0.05, 0.1) is 17.2 Å². The molecule has 28 heavy (non-hydrogen) atoms. The summed E-state index contributed by atoms with van der Waals surface area (Å²) in [4.78, 5) is 4.53. The number of benzene rings is 3. The average molecular weight is 391 g/mol. The number of nitrogens with one attached hydrogen (secondary N) is 1. The lowest BCUT2D eigenvalue weighted by Gasteiger charge is -2.07. The average Bonchev–Trinajstić information content (AvgIpc) is 3.04. The number of rotatable bonds is 6. The van der Waals surface area contributed by atoms with Crippen LogP contribution in [0.25, 0.3) is 11.0 Å². The third kappa shape index (κ3) is 4.00. The minimum atomic E-state index is 0.432. The largest absolute Gasteiger partial charge is 0.489 e. The van der Waals surface area contributed by atoms with Crippen LogP contribution in [-0.4, -0.2) is 15.8 Å². The smallest absolute Gasteiger partial charge is 0.224 e. The van der Waals surface area contributed by atoms with Crippen LogP contribution in [0.15, 0.2) is 77.9 Å². The van der Waals surface area contributed by atoms with Crippen molar-refractivity contribution in [2.75, 3.05) is 5.43 Å². The lowest BCUT2D eigenvalue weighted by atomic mass is 10.2. The van der Waals surface area contributed by atoms with Gasteiger partial charge >= 0.3 is 0 Å². The first kappa shape index (κ1) is 18.1. The van der Waals surface area contributed by atoms with Crippen molar-refractivity contribution in [3.05, 3.63) is 88.9 Å². The lowest BCUT2D eigenvalue weighted by molar-refractivity contribution is 0.306. The van der Waals surface area contributed by atoms with Gasteiger partial charge in [0.1, 0.15) is 12.4 Å². The number of para-hydroxylation sites is 2. The maximum Gasteiger partial charge on any atom is 0.224 e. The molecule has 1 aromatic heterocycles. The number of hydrogen-bond acceptors (Lipinski definition) is 4. The molecule has 0 unspecified atom stereocenters. The molecular weight excluding hydrogens is 372 g/mol. The first-order chi connectivity index (χ1) is 13.7. The Kier molecular flexibility index (Phi) is 5.26. The molecule has 4 rings (SSSR count). The highest BCUT2D eigenvalue weighted by Gasteiger charge is 2.05. The van der Waals surface area contributed by atoms with Gasteiger partial charge in [-0.2, -0.15) is 5.10 Å². The van der Waals surface area contributed by atoms with Crippen molar-refractivity contribution in [2.45, 2.75) is 6.61 Å². The summed E-state index contributed by atoms with van der Waals surface area (Å²) in [6.07, 6.45) is 1.75. The maximum absolute atomic E-state index is 6.15. The fourth-order valence-corrected chi connectivity index (χ4v) is 3.03. The Labute approximate surface area is 168 Å². The number of fused-ring (bicyclic) bond motifs is 1. The van der Waals surface area contributed by atoms with Gasteiger partial charge in [0.15, 0.2) is 0 Å². The van der Waals surface area contributed by atoms with Crippen LogP contribution in [0.4, 0.5) is 5.95 Å². The van der Waals surface area contributed by atoms with E-state index in [0.717, 1.165) is 27.9 Å². The zero-order valence-corrected chi connectivity index (χ0v) is 16.1. The predicted octanol–water partition coefficient (Wildman–Crippen LogP) is 5.25. The van der Waals surface area contributed by atoms with Crippen molar-refractivity contribution in [3.8, 4) is 5.75 Å². The molecule has 0 radical (unpaired) electrons. The molecule has 1 heterocycles. The van der Waals surface area contributed by atoms with E-state index < -0.39 is 0 Å². The second kappa shape index (κ2) is 8.15. The Morgan fingerprint density at radius 1 is 1.04 bits per heavy atom. The van der Waals surface area contributed by atoms with Crippen LogP contribution in [0, 0.1) is 0 Å². The predicted molar refractivity (Wildman–Crippen MR) is 114 cm³/mol. The zero-order valence-electron chi connectivity index (χ0n) is 15.3. The standard InChI is InChI=1S/C22H19ClN4O/c1-27-21-9-5-4-8-20(21)25-22(27)26-24-14-16-10-12-18(13-11-16)28-15-17-6-2-3-7-19(17)23/h2-14H,15H2,1H3,(H,25,26)/b24-14-. The molecule has 0 aliphatic rings. The minimum absolute atomic E-state index is 0.432. The molecule has 0 saturated carbocycles. The van der Waals surface area contributed by atoms with Gasteiger partial charge in [-0.3, -0.25) is 0 Å². The molecule has 4 aromatic rings. The van der Waals surface area contributed by atoms with Gasteiger partial charge in [0, 0.05) is 17.6 Å². The zero-order chi connectivity index (χ0) is 19.3. The molecule has 0 atom stereocenters. The second-order valence-corrected chi connectivity index (χ2v) is 6.71. The molecule has 0 amide bonds. The van der Waals surface area contributed by atoms with Gasteiger partial charge in [-0.15, -0.1) is 0 Å². The summed E-state index contributed by atoms with van der Waals surface area (Å²) in [6.45, 7) is 0.432. The summed E-state index contributed by atoms with van der Waals surface area (Å²) < 4.78 is 7.76. The molecule has 0 saturated heterocycles. The fourth-order valence-electron chi connectivity index (χ4n) is 2.84. The van der Waals surface area contributed by atoms with Crippen LogP contribution in [0.1, 0.15) is 11.1 Å². The van der Waals surface area contributed by atoms with Gasteiger partial charge in [0.2, 0.25) is 5.95 Å². The fraction of sp³-hybridized carbons (Fsp3) is 0.0909. The molecule has 0 aliphatic heterocycles. The summed E-state index contributed by atoms with van der Waals surface area (Å²) >= 11 is 6.15. The molecule has 0 aliphatic carbocycles. The van der Waals surface area contributed by atoms with Crippen LogP contribution in [0.5, 0.6) is 5.75 Å². The van der Waals surface area contributed by atoms with Gasteiger partial charge in [-0.25, -0.2) is 10.4 Å². The van der Waals surface area contributed by atoms with Crippen LogP contribution in [-0.2, 0) is 13.7 Å². The van der Waals surface area contributed by atoms with Gasteiger partial charge in [0.25, 0.3) is 0 Å². The highest BCUT2D eigenvalue weighted by atomic mass is 35.5. The monoisotopic (exact) mass is 390 g/mol. The van der Waals surface area contributed by atoms with Crippen molar-refractivity contribution >= 4 is 34.8 Å². The number of hydrogen-bond donors (Lipinski definition) is 1. The molecular formula is C22H19ClN4O. The minimum Gasteiger partial charge on any atom is -0.489 e. The highest BCUT2D eigenvalue weighted by molar-refractivity contribution is 6.31. The third-order valence-corrected chi connectivity index (χ3v) is 4.77. The lowest BCUT2D eigenvalue weighted by Crippen LogP contribution is -1.99. The van der Waals surface area contributed by atoms with Crippen LogP contribution >= 0.6 is 11.6 Å². The molecule has 6 heteroatoms. The molecule has 3 aromatic carbocycles. The van der Waals surface area contributed by atoms with Crippen molar-refractivity contribution in [3.63, 3.8) is 0 Å². The second-order valence-electron chi connectivity index (χ2n) is 6.30. The number of aryl methyl sites for hydroxylation is 1. The van der Waals surface area contributed by atoms with Gasteiger partial charge in [-0.05, 0) is 48.0 Å². The number of hydrazone groups is 1. The summed E-state index contributed by atoms with van der Waals surface area (Å²) in [5.74, 6) is 1.47. The number of aromatic nitrogens is 2. The Balaban J connectivity index is 1.37. The van der Waals surface area contributed by atoms with Crippen molar-refractivity contribution in [1.82, 2.24) is 9.55 Å². The molecule has 5 nitrogen and oxygen atoms in total.